The lowest BCUT2D eigenvalue weighted by Crippen LogP contribution is -2.59. The van der Waals surface area contributed by atoms with Gasteiger partial charge >= 0.3 is 0 Å². The van der Waals surface area contributed by atoms with Crippen molar-refractivity contribution in [2.24, 2.45) is 0 Å². The minimum Gasteiger partial charge on any atom is -0.383 e. The van der Waals surface area contributed by atoms with E-state index in [-0.39, 0.29) is 18.0 Å². The SMILES string of the molecule is COC[C@@H]1CC[C@@H](COC)N1C(=O)[C@@]1(Cc2ccccc2)OCC=C1[Si](C)(C)C. The first-order valence-electron chi connectivity index (χ1n) is 10.5. The number of carbonyl (C=O) groups is 1. The number of benzene rings is 1. The van der Waals surface area contributed by atoms with Crippen molar-refractivity contribution >= 4 is 14.0 Å². The monoisotopic (exact) mass is 417 g/mol. The van der Waals surface area contributed by atoms with Crippen LogP contribution in [0.1, 0.15) is 18.4 Å². The van der Waals surface area contributed by atoms with E-state index in [1.807, 2.05) is 23.1 Å². The molecule has 1 fully saturated rings. The molecule has 0 aromatic heterocycles. The molecule has 0 unspecified atom stereocenters. The highest BCUT2D eigenvalue weighted by Gasteiger charge is 2.54. The second-order valence-corrected chi connectivity index (χ2v) is 14.2. The van der Waals surface area contributed by atoms with Crippen molar-refractivity contribution in [1.29, 1.82) is 0 Å². The molecule has 2 aliphatic heterocycles. The van der Waals surface area contributed by atoms with Gasteiger partial charge in [-0.25, -0.2) is 0 Å². The highest BCUT2D eigenvalue weighted by atomic mass is 28.3. The topological polar surface area (TPSA) is 48.0 Å². The molecule has 3 atom stereocenters. The van der Waals surface area contributed by atoms with Crippen molar-refractivity contribution in [1.82, 2.24) is 4.90 Å². The van der Waals surface area contributed by atoms with Crippen LogP contribution < -0.4 is 0 Å². The molecular formula is C23H35NO4Si. The van der Waals surface area contributed by atoms with Gasteiger partial charge < -0.3 is 19.1 Å². The van der Waals surface area contributed by atoms with Crippen LogP contribution in [0.15, 0.2) is 41.6 Å². The molecule has 6 heteroatoms. The van der Waals surface area contributed by atoms with Gasteiger partial charge in [0, 0.05) is 20.6 Å². The second kappa shape index (κ2) is 9.12. The van der Waals surface area contributed by atoms with Gasteiger partial charge in [-0.05, 0) is 23.6 Å². The molecule has 2 heterocycles. The molecule has 5 nitrogen and oxygen atoms in total. The first-order valence-corrected chi connectivity index (χ1v) is 14.0. The summed E-state index contributed by atoms with van der Waals surface area (Å²) in [4.78, 5) is 16.3. The van der Waals surface area contributed by atoms with Crippen LogP contribution in [0.4, 0.5) is 0 Å². The molecule has 0 bridgehead atoms. The Hall–Kier alpha value is -1.47. The number of nitrogens with zero attached hydrogens (tertiary/aromatic N) is 1. The fourth-order valence-electron chi connectivity index (χ4n) is 4.92. The Morgan fingerprint density at radius 1 is 1.10 bits per heavy atom. The van der Waals surface area contributed by atoms with Crippen molar-refractivity contribution in [3.8, 4) is 0 Å². The first-order chi connectivity index (χ1) is 13.8. The molecular weight excluding hydrogens is 382 g/mol. The van der Waals surface area contributed by atoms with Gasteiger partial charge in [0.15, 0.2) is 5.60 Å². The maximum absolute atomic E-state index is 14.3. The van der Waals surface area contributed by atoms with Crippen molar-refractivity contribution in [2.45, 2.75) is 56.6 Å². The number of methoxy groups -OCH3 is 2. The minimum absolute atomic E-state index is 0.0624. The summed E-state index contributed by atoms with van der Waals surface area (Å²) in [5.74, 6) is 0.0779. The smallest absolute Gasteiger partial charge is 0.259 e. The van der Waals surface area contributed by atoms with Gasteiger partial charge in [0.25, 0.3) is 5.91 Å². The summed E-state index contributed by atoms with van der Waals surface area (Å²) in [6, 6.07) is 10.4. The molecule has 0 aliphatic carbocycles. The number of rotatable bonds is 8. The lowest BCUT2D eigenvalue weighted by atomic mass is 9.91. The molecule has 3 rings (SSSR count). The van der Waals surface area contributed by atoms with E-state index in [0.29, 0.717) is 26.2 Å². The third-order valence-electron chi connectivity index (χ3n) is 6.07. The molecule has 0 spiro atoms. The van der Waals surface area contributed by atoms with Crippen molar-refractivity contribution in [2.75, 3.05) is 34.0 Å². The van der Waals surface area contributed by atoms with Crippen LogP contribution in [0.3, 0.4) is 0 Å². The summed E-state index contributed by atoms with van der Waals surface area (Å²) in [5, 5.41) is 1.21. The molecule has 0 N–H and O–H groups in total. The quantitative estimate of drug-likeness (QED) is 0.608. The van der Waals surface area contributed by atoms with Gasteiger partial charge in [-0.3, -0.25) is 4.79 Å². The number of hydrogen-bond acceptors (Lipinski definition) is 4. The van der Waals surface area contributed by atoms with E-state index in [1.54, 1.807) is 14.2 Å². The van der Waals surface area contributed by atoms with Crippen LogP contribution in [0.25, 0.3) is 0 Å². The van der Waals surface area contributed by atoms with Crippen molar-refractivity contribution < 1.29 is 19.0 Å². The van der Waals surface area contributed by atoms with Gasteiger partial charge in [-0.1, -0.05) is 56.0 Å². The van der Waals surface area contributed by atoms with E-state index < -0.39 is 13.7 Å². The number of ether oxygens (including phenoxy) is 3. The Morgan fingerprint density at radius 2 is 1.69 bits per heavy atom. The fraction of sp³-hybridized carbons (Fsp3) is 0.609. The molecule has 0 saturated carbocycles. The van der Waals surface area contributed by atoms with E-state index in [2.05, 4.69) is 37.8 Å². The van der Waals surface area contributed by atoms with E-state index in [1.165, 1.54) is 5.20 Å². The molecule has 160 valence electrons. The molecule has 1 saturated heterocycles. The number of hydrogen-bond donors (Lipinski definition) is 0. The summed E-state index contributed by atoms with van der Waals surface area (Å²) >= 11 is 0. The average Bonchev–Trinajstić information content (AvgIpc) is 3.28. The van der Waals surface area contributed by atoms with Crippen LogP contribution in [0.5, 0.6) is 0 Å². The predicted octanol–water partition coefficient (Wildman–Crippen LogP) is 3.45. The number of carbonyl (C=O) groups excluding carboxylic acids is 1. The van der Waals surface area contributed by atoms with Gasteiger partial charge in [0.2, 0.25) is 0 Å². The zero-order valence-corrected chi connectivity index (χ0v) is 19.4. The third kappa shape index (κ3) is 4.50. The lowest BCUT2D eigenvalue weighted by molar-refractivity contribution is -0.155. The van der Waals surface area contributed by atoms with Crippen LogP contribution in [0.2, 0.25) is 19.6 Å². The summed E-state index contributed by atoms with van der Waals surface area (Å²) in [5.41, 5.74) is 0.200. The first kappa shape index (κ1) is 22.2. The number of amides is 1. The largest absolute Gasteiger partial charge is 0.383 e. The molecule has 29 heavy (non-hydrogen) atoms. The van der Waals surface area contributed by atoms with Gasteiger partial charge in [-0.2, -0.15) is 0 Å². The predicted molar refractivity (Wildman–Crippen MR) is 118 cm³/mol. The minimum atomic E-state index is -1.78. The standard InChI is InChI=1S/C23H35NO4Si/c1-26-16-19-11-12-20(17-27-2)24(19)22(25)23(15-18-9-7-6-8-10-18)21(13-14-28-23)29(3,4)5/h6-10,13,19-20H,11-12,14-17H2,1-5H3/t19-,20-,23-/m0/s1. The second-order valence-electron chi connectivity index (χ2n) is 9.18. The Kier molecular flexibility index (Phi) is 6.99. The average molecular weight is 418 g/mol. The molecule has 0 radical (unpaired) electrons. The maximum Gasteiger partial charge on any atom is 0.259 e. The molecule has 1 aromatic rings. The summed E-state index contributed by atoms with van der Waals surface area (Å²) in [6.45, 7) is 8.46. The molecule has 2 aliphatic rings. The Balaban J connectivity index is 2.03. The Labute approximate surface area is 176 Å². The zero-order valence-electron chi connectivity index (χ0n) is 18.4. The fourth-order valence-corrected chi connectivity index (χ4v) is 7.09. The molecule has 1 aromatic carbocycles. The summed E-state index contributed by atoms with van der Waals surface area (Å²) < 4.78 is 17.3. The van der Waals surface area contributed by atoms with E-state index in [0.717, 1.165) is 18.4 Å². The van der Waals surface area contributed by atoms with Gasteiger partial charge in [-0.15, -0.1) is 0 Å². The molecule has 1 amide bonds. The Morgan fingerprint density at radius 3 is 2.21 bits per heavy atom. The lowest BCUT2D eigenvalue weighted by Gasteiger charge is -2.42. The number of likely N-dealkylation sites (tertiary alicyclic amines) is 1. The van der Waals surface area contributed by atoms with Crippen LogP contribution in [0, 0.1) is 0 Å². The van der Waals surface area contributed by atoms with E-state index in [9.17, 15) is 4.79 Å². The van der Waals surface area contributed by atoms with E-state index in [4.69, 9.17) is 14.2 Å². The highest BCUT2D eigenvalue weighted by molar-refractivity contribution is 6.84. The summed E-state index contributed by atoms with van der Waals surface area (Å²) in [6.07, 6.45) is 4.60. The van der Waals surface area contributed by atoms with Crippen LogP contribution in [-0.4, -0.2) is 70.6 Å². The highest BCUT2D eigenvalue weighted by Crippen LogP contribution is 2.41. The van der Waals surface area contributed by atoms with Gasteiger partial charge in [0.05, 0.1) is 40.0 Å². The van der Waals surface area contributed by atoms with E-state index >= 15 is 0 Å². The van der Waals surface area contributed by atoms with Crippen molar-refractivity contribution in [3.05, 3.63) is 47.2 Å². The van der Waals surface area contributed by atoms with Crippen LogP contribution >= 0.6 is 0 Å². The Bertz CT molecular complexity index is 716. The normalized spacial score (nSPS) is 27.3. The third-order valence-corrected chi connectivity index (χ3v) is 8.30. The van der Waals surface area contributed by atoms with Crippen LogP contribution in [-0.2, 0) is 25.4 Å². The summed E-state index contributed by atoms with van der Waals surface area (Å²) in [7, 11) is 1.62. The van der Waals surface area contributed by atoms with Gasteiger partial charge in [0.1, 0.15) is 0 Å². The maximum atomic E-state index is 14.3. The van der Waals surface area contributed by atoms with Crippen molar-refractivity contribution in [3.63, 3.8) is 0 Å². The zero-order chi connectivity index (χ0) is 21.1.